The molecule has 19 heavy (non-hydrogen) atoms. The minimum atomic E-state index is 0.0826. The smallest absolute Gasteiger partial charge is 0.140 e. The Morgan fingerprint density at radius 3 is 2.26 bits per heavy atom. The van der Waals surface area contributed by atoms with Gasteiger partial charge in [-0.25, -0.2) is 4.68 Å². The molecule has 0 unspecified atom stereocenters. The third-order valence-corrected chi connectivity index (χ3v) is 2.84. The van der Waals surface area contributed by atoms with Crippen LogP contribution < -0.4 is 5.73 Å². The van der Waals surface area contributed by atoms with Gasteiger partial charge in [0.25, 0.3) is 0 Å². The molecule has 1 heterocycles. The van der Waals surface area contributed by atoms with Crippen LogP contribution in [0.25, 0.3) is 11.3 Å². The zero-order chi connectivity index (χ0) is 14.0. The van der Waals surface area contributed by atoms with Gasteiger partial charge in [-0.15, -0.1) is 0 Å². The summed E-state index contributed by atoms with van der Waals surface area (Å²) in [6.45, 7) is 3.90. The number of nitrogens with two attached hydrogens (primary N) is 1. The Labute approximate surface area is 111 Å². The number of anilines is 1. The molecule has 5 nitrogen and oxygen atoms in total. The molecule has 0 amide bonds. The van der Waals surface area contributed by atoms with Crippen LogP contribution in [0.15, 0.2) is 24.3 Å². The summed E-state index contributed by atoms with van der Waals surface area (Å²) in [5.41, 5.74) is 8.21. The number of benzene rings is 1. The molecule has 1 aromatic carbocycles. The summed E-state index contributed by atoms with van der Waals surface area (Å²) in [5, 5.41) is 22.4. The molecule has 2 N–H and O–H groups in total. The Bertz CT molecular complexity index is 680. The molecule has 0 fully saturated rings. The van der Waals surface area contributed by atoms with Crippen molar-refractivity contribution >= 4 is 5.82 Å². The number of aromatic nitrogens is 2. The van der Waals surface area contributed by atoms with Gasteiger partial charge >= 0.3 is 0 Å². The van der Waals surface area contributed by atoms with E-state index < -0.39 is 0 Å². The highest BCUT2D eigenvalue weighted by Crippen LogP contribution is 2.28. The predicted octanol–water partition coefficient (Wildman–Crippen LogP) is 2.46. The Morgan fingerprint density at radius 1 is 1.16 bits per heavy atom. The maximum atomic E-state index is 9.22. The minimum Gasteiger partial charge on any atom is -0.383 e. The van der Waals surface area contributed by atoms with E-state index in [0.717, 1.165) is 5.56 Å². The van der Waals surface area contributed by atoms with Crippen LogP contribution in [0.2, 0.25) is 0 Å². The van der Waals surface area contributed by atoms with Crippen molar-refractivity contribution in [3.8, 4) is 23.4 Å². The van der Waals surface area contributed by atoms with Crippen molar-refractivity contribution in [2.45, 2.75) is 19.9 Å². The molecule has 0 bridgehead atoms. The van der Waals surface area contributed by atoms with Gasteiger partial charge in [0, 0.05) is 11.6 Å². The fraction of sp³-hybridized carbons (Fsp3) is 0.214. The van der Waals surface area contributed by atoms with Crippen LogP contribution >= 0.6 is 0 Å². The second-order valence-corrected chi connectivity index (χ2v) is 4.45. The van der Waals surface area contributed by atoms with Gasteiger partial charge in [0.2, 0.25) is 0 Å². The van der Waals surface area contributed by atoms with E-state index in [0.29, 0.717) is 22.6 Å². The quantitative estimate of drug-likeness (QED) is 0.887. The van der Waals surface area contributed by atoms with Crippen molar-refractivity contribution < 1.29 is 0 Å². The summed E-state index contributed by atoms with van der Waals surface area (Å²) in [6.07, 6.45) is 0. The molecule has 0 aliphatic heterocycles. The summed E-state index contributed by atoms with van der Waals surface area (Å²) in [6, 6.07) is 11.2. The van der Waals surface area contributed by atoms with E-state index in [1.54, 1.807) is 28.9 Å². The summed E-state index contributed by atoms with van der Waals surface area (Å²) in [5.74, 6) is 0.372. The van der Waals surface area contributed by atoms with Gasteiger partial charge in [-0.05, 0) is 26.0 Å². The third-order valence-electron chi connectivity index (χ3n) is 2.84. The first-order valence-electron chi connectivity index (χ1n) is 5.87. The van der Waals surface area contributed by atoms with Crippen molar-refractivity contribution in [1.29, 1.82) is 10.5 Å². The SMILES string of the molecule is CC(C)n1nc(-c2ccc(C#N)cc2)c(C#N)c1N. The zero-order valence-corrected chi connectivity index (χ0v) is 10.8. The summed E-state index contributed by atoms with van der Waals surface area (Å²) < 4.78 is 1.63. The van der Waals surface area contributed by atoms with Gasteiger partial charge in [-0.2, -0.15) is 15.6 Å². The third kappa shape index (κ3) is 2.14. The molecule has 0 atom stereocenters. The number of nitrogen functional groups attached to an aromatic ring is 1. The first-order chi connectivity index (χ1) is 9.08. The number of nitrogens with zero attached hydrogens (tertiary/aromatic N) is 4. The highest BCUT2D eigenvalue weighted by molar-refractivity contribution is 5.73. The second kappa shape index (κ2) is 4.83. The van der Waals surface area contributed by atoms with Crippen molar-refractivity contribution in [2.24, 2.45) is 0 Å². The largest absolute Gasteiger partial charge is 0.383 e. The lowest BCUT2D eigenvalue weighted by molar-refractivity contribution is 0.542. The van der Waals surface area contributed by atoms with Gasteiger partial charge < -0.3 is 5.73 Å². The first kappa shape index (κ1) is 12.7. The molecule has 1 aromatic heterocycles. The van der Waals surface area contributed by atoms with Crippen LogP contribution in [0.4, 0.5) is 5.82 Å². The molecular weight excluding hydrogens is 238 g/mol. The topological polar surface area (TPSA) is 91.4 Å². The van der Waals surface area contributed by atoms with E-state index in [-0.39, 0.29) is 6.04 Å². The lowest BCUT2D eigenvalue weighted by Crippen LogP contribution is -2.07. The standard InChI is InChI=1S/C14H13N5/c1-9(2)19-14(17)12(8-16)13(18-19)11-5-3-10(7-15)4-6-11/h3-6,9H,17H2,1-2H3. The Kier molecular flexibility index (Phi) is 3.22. The van der Waals surface area contributed by atoms with E-state index in [1.807, 2.05) is 13.8 Å². The van der Waals surface area contributed by atoms with E-state index in [9.17, 15) is 5.26 Å². The predicted molar refractivity (Wildman–Crippen MR) is 71.9 cm³/mol. The van der Waals surface area contributed by atoms with Gasteiger partial charge in [-0.1, -0.05) is 12.1 Å². The molecule has 2 aromatic rings. The highest BCUT2D eigenvalue weighted by atomic mass is 15.3. The number of hydrogen-bond donors (Lipinski definition) is 1. The first-order valence-corrected chi connectivity index (χ1v) is 5.87. The lowest BCUT2D eigenvalue weighted by Gasteiger charge is -2.06. The van der Waals surface area contributed by atoms with Crippen LogP contribution in [0.1, 0.15) is 31.0 Å². The maximum absolute atomic E-state index is 9.22. The van der Waals surface area contributed by atoms with Crippen molar-refractivity contribution in [3.05, 3.63) is 35.4 Å². The lowest BCUT2D eigenvalue weighted by atomic mass is 10.1. The monoisotopic (exact) mass is 251 g/mol. The van der Waals surface area contributed by atoms with Crippen molar-refractivity contribution in [2.75, 3.05) is 5.73 Å². The van der Waals surface area contributed by atoms with Crippen molar-refractivity contribution in [3.63, 3.8) is 0 Å². The Balaban J connectivity index is 2.59. The second-order valence-electron chi connectivity index (χ2n) is 4.45. The fourth-order valence-corrected chi connectivity index (χ4v) is 1.86. The molecular formula is C14H13N5. The normalized spacial score (nSPS) is 10.2. The molecule has 0 aliphatic carbocycles. The van der Waals surface area contributed by atoms with Crippen molar-refractivity contribution in [1.82, 2.24) is 9.78 Å². The molecule has 94 valence electrons. The number of nitriles is 2. The molecule has 5 heteroatoms. The van der Waals surface area contributed by atoms with Crippen LogP contribution in [-0.2, 0) is 0 Å². The Hall–Kier alpha value is -2.79. The number of hydrogen-bond acceptors (Lipinski definition) is 4. The minimum absolute atomic E-state index is 0.0826. The molecule has 2 rings (SSSR count). The number of rotatable bonds is 2. The van der Waals surface area contributed by atoms with Crippen LogP contribution in [0, 0.1) is 22.7 Å². The molecule has 0 spiro atoms. The molecule has 0 aliphatic rings. The highest BCUT2D eigenvalue weighted by Gasteiger charge is 2.18. The van der Waals surface area contributed by atoms with Crippen LogP contribution in [-0.4, -0.2) is 9.78 Å². The van der Waals surface area contributed by atoms with E-state index in [2.05, 4.69) is 17.2 Å². The molecule has 0 radical (unpaired) electrons. The Morgan fingerprint density at radius 2 is 1.79 bits per heavy atom. The van der Waals surface area contributed by atoms with Gasteiger partial charge in [0.15, 0.2) is 0 Å². The van der Waals surface area contributed by atoms with Crippen LogP contribution in [0.5, 0.6) is 0 Å². The summed E-state index contributed by atoms with van der Waals surface area (Å²) in [4.78, 5) is 0. The summed E-state index contributed by atoms with van der Waals surface area (Å²) >= 11 is 0. The summed E-state index contributed by atoms with van der Waals surface area (Å²) in [7, 11) is 0. The van der Waals surface area contributed by atoms with Gasteiger partial charge in [0.05, 0.1) is 11.6 Å². The van der Waals surface area contributed by atoms with E-state index in [4.69, 9.17) is 11.0 Å². The molecule has 0 saturated carbocycles. The fourth-order valence-electron chi connectivity index (χ4n) is 1.86. The van der Waals surface area contributed by atoms with Gasteiger partial charge in [-0.3, -0.25) is 0 Å². The van der Waals surface area contributed by atoms with Crippen LogP contribution in [0.3, 0.4) is 0 Å². The zero-order valence-electron chi connectivity index (χ0n) is 10.8. The van der Waals surface area contributed by atoms with Gasteiger partial charge in [0.1, 0.15) is 23.1 Å². The average Bonchev–Trinajstić information content (AvgIpc) is 2.76. The maximum Gasteiger partial charge on any atom is 0.140 e. The van der Waals surface area contributed by atoms with E-state index >= 15 is 0 Å². The molecule has 0 saturated heterocycles. The average molecular weight is 251 g/mol. The van der Waals surface area contributed by atoms with E-state index in [1.165, 1.54) is 0 Å².